The molecule has 4 heteroatoms. The number of benzene rings is 2. The molecule has 30 heavy (non-hydrogen) atoms. The van der Waals surface area contributed by atoms with E-state index in [1.807, 2.05) is 23.1 Å². The van der Waals surface area contributed by atoms with Crippen LogP contribution in [0, 0.1) is 11.8 Å². The van der Waals surface area contributed by atoms with Gasteiger partial charge in [-0.3, -0.25) is 4.79 Å². The van der Waals surface area contributed by atoms with E-state index in [9.17, 15) is 9.90 Å². The molecule has 3 rings (SSSR count). The molecule has 0 unspecified atom stereocenters. The Balaban J connectivity index is 1.76. The lowest BCUT2D eigenvalue weighted by Crippen LogP contribution is -2.36. The van der Waals surface area contributed by atoms with Gasteiger partial charge in [-0.1, -0.05) is 39.8 Å². The highest BCUT2D eigenvalue weighted by Gasteiger charge is 2.22. The Morgan fingerprint density at radius 2 is 1.70 bits per heavy atom. The lowest BCUT2D eigenvalue weighted by atomic mass is 9.98. The van der Waals surface area contributed by atoms with Gasteiger partial charge >= 0.3 is 0 Å². The van der Waals surface area contributed by atoms with Crippen LogP contribution in [0.1, 0.15) is 62.0 Å². The van der Waals surface area contributed by atoms with E-state index in [1.54, 1.807) is 12.1 Å². The first-order chi connectivity index (χ1) is 14.3. The second-order valence-corrected chi connectivity index (χ2v) is 9.33. The van der Waals surface area contributed by atoms with Crippen molar-refractivity contribution >= 4 is 11.6 Å². The zero-order valence-corrected chi connectivity index (χ0v) is 18.9. The molecule has 0 saturated carbocycles. The fourth-order valence-electron chi connectivity index (χ4n) is 3.93. The van der Waals surface area contributed by atoms with E-state index in [1.165, 1.54) is 5.56 Å². The Kier molecular flexibility index (Phi) is 7.41. The maximum Gasteiger partial charge on any atom is 0.254 e. The van der Waals surface area contributed by atoms with Gasteiger partial charge in [-0.25, -0.2) is 0 Å². The molecule has 1 aliphatic rings. The number of anilines is 1. The van der Waals surface area contributed by atoms with E-state index in [0.29, 0.717) is 24.9 Å². The van der Waals surface area contributed by atoms with E-state index in [-0.39, 0.29) is 11.7 Å². The molecule has 0 radical (unpaired) electrons. The van der Waals surface area contributed by atoms with Gasteiger partial charge in [-0.05, 0) is 72.6 Å². The van der Waals surface area contributed by atoms with Gasteiger partial charge in [0.15, 0.2) is 0 Å². The van der Waals surface area contributed by atoms with Gasteiger partial charge in [-0.15, -0.1) is 0 Å². The van der Waals surface area contributed by atoms with Crippen molar-refractivity contribution in [1.82, 2.24) is 4.90 Å². The summed E-state index contributed by atoms with van der Waals surface area (Å²) in [5, 5.41) is 9.80. The third-order valence-corrected chi connectivity index (χ3v) is 5.90. The number of nitrogens with zero attached hydrogens (tertiary/aromatic N) is 2. The molecule has 0 aliphatic carbocycles. The number of hydrogen-bond donors (Lipinski definition) is 1. The molecule has 2 aromatic carbocycles. The molecule has 0 atom stereocenters. The first-order valence-corrected chi connectivity index (χ1v) is 11.3. The Hall–Kier alpha value is -2.49. The summed E-state index contributed by atoms with van der Waals surface area (Å²) in [5.74, 6) is 1.64. The zero-order valence-electron chi connectivity index (χ0n) is 18.9. The van der Waals surface area contributed by atoms with Crippen LogP contribution in [0.3, 0.4) is 0 Å². The highest BCUT2D eigenvalue weighted by atomic mass is 16.3. The van der Waals surface area contributed by atoms with Crippen molar-refractivity contribution in [2.75, 3.05) is 24.5 Å². The number of carbonyl (C=O) groups excluding carboxylic acids is 1. The van der Waals surface area contributed by atoms with Crippen LogP contribution in [-0.4, -0.2) is 35.5 Å². The summed E-state index contributed by atoms with van der Waals surface area (Å²) in [6.07, 6.45) is 3.11. The summed E-state index contributed by atoms with van der Waals surface area (Å²) in [5.41, 5.74) is 4.15. The number of amides is 1. The third kappa shape index (κ3) is 5.78. The first kappa shape index (κ1) is 22.2. The van der Waals surface area contributed by atoms with Gasteiger partial charge < -0.3 is 14.9 Å². The summed E-state index contributed by atoms with van der Waals surface area (Å²) in [7, 11) is 0. The fourth-order valence-corrected chi connectivity index (χ4v) is 3.93. The molecule has 1 amide bonds. The molecular weight excluding hydrogens is 372 g/mol. The molecule has 0 aromatic heterocycles. The summed E-state index contributed by atoms with van der Waals surface area (Å²) >= 11 is 0. The van der Waals surface area contributed by atoms with Crippen LogP contribution in [-0.2, 0) is 13.0 Å². The average molecular weight is 409 g/mol. The van der Waals surface area contributed by atoms with E-state index < -0.39 is 0 Å². The van der Waals surface area contributed by atoms with E-state index in [4.69, 9.17) is 0 Å². The van der Waals surface area contributed by atoms with Crippen molar-refractivity contribution in [1.29, 1.82) is 0 Å². The molecule has 1 aliphatic heterocycles. The molecule has 0 fully saturated rings. The lowest BCUT2D eigenvalue weighted by molar-refractivity contribution is 0.0734. The van der Waals surface area contributed by atoms with Crippen molar-refractivity contribution in [3.05, 3.63) is 59.2 Å². The smallest absolute Gasteiger partial charge is 0.254 e. The van der Waals surface area contributed by atoms with Crippen molar-refractivity contribution in [3.63, 3.8) is 0 Å². The monoisotopic (exact) mass is 408 g/mol. The van der Waals surface area contributed by atoms with Crippen LogP contribution >= 0.6 is 0 Å². The molecule has 0 bridgehead atoms. The Bertz CT molecular complexity index is 848. The average Bonchev–Trinajstić information content (AvgIpc) is 2.72. The quantitative estimate of drug-likeness (QED) is 0.628. The summed E-state index contributed by atoms with van der Waals surface area (Å²) < 4.78 is 0. The lowest BCUT2D eigenvalue weighted by Gasteiger charge is -2.30. The van der Waals surface area contributed by atoms with Gasteiger partial charge in [0, 0.05) is 37.4 Å². The fraction of sp³-hybridized carbons (Fsp3) is 0.500. The van der Waals surface area contributed by atoms with Gasteiger partial charge in [-0.2, -0.15) is 0 Å². The Morgan fingerprint density at radius 1 is 1.00 bits per heavy atom. The number of hydrogen-bond acceptors (Lipinski definition) is 3. The summed E-state index contributed by atoms with van der Waals surface area (Å²) in [4.78, 5) is 17.6. The zero-order chi connectivity index (χ0) is 21.7. The number of phenols is 1. The van der Waals surface area contributed by atoms with Crippen LogP contribution in [0.25, 0.3) is 0 Å². The van der Waals surface area contributed by atoms with Crippen LogP contribution < -0.4 is 4.90 Å². The number of aromatic hydroxyl groups is 1. The molecular formula is C26H36N2O2. The molecule has 0 saturated heterocycles. The minimum Gasteiger partial charge on any atom is -0.508 e. The van der Waals surface area contributed by atoms with E-state index in [0.717, 1.165) is 49.2 Å². The standard InChI is InChI=1S/C26H36N2O2/c1-19(2)10-13-27(14-11-20(3)4)24-7-5-6-22(16-24)26(30)28-15-12-21-8-9-25(29)17-23(21)18-28/h5-9,16-17,19-20,29H,10-15,18H2,1-4H3. The van der Waals surface area contributed by atoms with Gasteiger partial charge in [0.05, 0.1) is 0 Å². The van der Waals surface area contributed by atoms with Gasteiger partial charge in [0.2, 0.25) is 0 Å². The molecule has 4 nitrogen and oxygen atoms in total. The van der Waals surface area contributed by atoms with E-state index in [2.05, 4.69) is 44.7 Å². The summed E-state index contributed by atoms with van der Waals surface area (Å²) in [6, 6.07) is 13.6. The maximum atomic E-state index is 13.2. The second-order valence-electron chi connectivity index (χ2n) is 9.33. The topological polar surface area (TPSA) is 43.8 Å². The maximum absolute atomic E-state index is 13.2. The minimum atomic E-state index is 0.0681. The van der Waals surface area contributed by atoms with Crippen LogP contribution in [0.2, 0.25) is 0 Å². The highest BCUT2D eigenvalue weighted by molar-refractivity contribution is 5.95. The van der Waals surface area contributed by atoms with Crippen LogP contribution in [0.15, 0.2) is 42.5 Å². The number of rotatable bonds is 8. The molecule has 0 spiro atoms. The molecule has 2 aromatic rings. The van der Waals surface area contributed by atoms with Crippen LogP contribution in [0.4, 0.5) is 5.69 Å². The van der Waals surface area contributed by atoms with E-state index >= 15 is 0 Å². The number of fused-ring (bicyclic) bond motifs is 1. The Morgan fingerprint density at radius 3 is 2.37 bits per heavy atom. The SMILES string of the molecule is CC(C)CCN(CCC(C)C)c1cccc(C(=O)N2CCc3ccc(O)cc3C2)c1. The molecule has 162 valence electrons. The normalized spacial score (nSPS) is 13.6. The third-order valence-electron chi connectivity index (χ3n) is 5.90. The minimum absolute atomic E-state index is 0.0681. The van der Waals surface area contributed by atoms with Crippen molar-refractivity contribution in [2.45, 2.75) is 53.5 Å². The van der Waals surface area contributed by atoms with Crippen molar-refractivity contribution in [2.24, 2.45) is 11.8 Å². The molecule has 1 heterocycles. The summed E-state index contributed by atoms with van der Waals surface area (Å²) in [6.45, 7) is 12.3. The first-order valence-electron chi connectivity index (χ1n) is 11.3. The van der Waals surface area contributed by atoms with Gasteiger partial charge in [0.25, 0.3) is 5.91 Å². The second kappa shape index (κ2) is 10.0. The predicted molar refractivity (Wildman–Crippen MR) is 124 cm³/mol. The number of carbonyl (C=O) groups is 1. The van der Waals surface area contributed by atoms with Crippen molar-refractivity contribution in [3.8, 4) is 5.75 Å². The van der Waals surface area contributed by atoms with Gasteiger partial charge in [0.1, 0.15) is 5.75 Å². The van der Waals surface area contributed by atoms with Crippen molar-refractivity contribution < 1.29 is 9.90 Å². The molecule has 1 N–H and O–H groups in total. The van der Waals surface area contributed by atoms with Crippen LogP contribution in [0.5, 0.6) is 5.75 Å². The predicted octanol–water partition coefficient (Wildman–Crippen LogP) is 5.49. The Labute approximate surface area is 181 Å². The largest absolute Gasteiger partial charge is 0.508 e. The number of phenolic OH excluding ortho intramolecular Hbond substituents is 1. The highest BCUT2D eigenvalue weighted by Crippen LogP contribution is 2.25.